The Balaban J connectivity index is 1.96. The summed E-state index contributed by atoms with van der Waals surface area (Å²) in [6, 6.07) is 0.0973. The molecule has 5 nitrogen and oxygen atoms in total. The Labute approximate surface area is 141 Å². The predicted octanol–water partition coefficient (Wildman–Crippen LogP) is 1.91. The lowest BCUT2D eigenvalue weighted by molar-refractivity contribution is -0.133. The number of hydrogen-bond donors (Lipinski definition) is 2. The molecule has 0 aromatic heterocycles. The van der Waals surface area contributed by atoms with Crippen molar-refractivity contribution in [1.29, 1.82) is 0 Å². The van der Waals surface area contributed by atoms with Gasteiger partial charge in [0.05, 0.1) is 13.2 Å². The van der Waals surface area contributed by atoms with Crippen molar-refractivity contribution in [1.82, 2.24) is 15.5 Å². The number of ether oxygens (including phenoxy) is 1. The van der Waals surface area contributed by atoms with Crippen LogP contribution in [0.15, 0.2) is 0 Å². The van der Waals surface area contributed by atoms with Gasteiger partial charge in [0, 0.05) is 23.7 Å². The summed E-state index contributed by atoms with van der Waals surface area (Å²) in [4.78, 5) is 15.1. The van der Waals surface area contributed by atoms with Crippen LogP contribution in [0.5, 0.6) is 0 Å². The number of morpholine rings is 1. The number of carbonyl (C=O) groups excluding carboxylic acids is 1. The molecular formula is C18H35N3O2. The molecule has 0 radical (unpaired) electrons. The second-order valence-corrected chi connectivity index (χ2v) is 8.49. The van der Waals surface area contributed by atoms with E-state index in [4.69, 9.17) is 4.74 Å². The maximum Gasteiger partial charge on any atom is 0.239 e. The van der Waals surface area contributed by atoms with Crippen molar-refractivity contribution in [3.8, 4) is 0 Å². The summed E-state index contributed by atoms with van der Waals surface area (Å²) >= 11 is 0. The first kappa shape index (κ1) is 18.7. The van der Waals surface area contributed by atoms with Crippen LogP contribution in [0.2, 0.25) is 0 Å². The van der Waals surface area contributed by atoms with Crippen LogP contribution >= 0.6 is 0 Å². The van der Waals surface area contributed by atoms with Crippen LogP contribution in [-0.2, 0) is 9.53 Å². The molecule has 0 spiro atoms. The molecule has 1 unspecified atom stereocenters. The van der Waals surface area contributed by atoms with Crippen LogP contribution in [0, 0.1) is 0 Å². The largest absolute Gasteiger partial charge is 0.378 e. The highest BCUT2D eigenvalue weighted by Gasteiger charge is 2.39. The standard InChI is InChI=1S/C18H35N3O2/c1-6-7-8-21-9-10-23-13-15(21)16(22)19-14-11-17(2,3)20-18(4,5)12-14/h14-15,20H,6-13H2,1-5H3,(H,19,22). The summed E-state index contributed by atoms with van der Waals surface area (Å²) in [6.45, 7) is 14.1. The number of hydrogen-bond acceptors (Lipinski definition) is 4. The van der Waals surface area contributed by atoms with Gasteiger partial charge in [-0.05, 0) is 53.5 Å². The highest BCUT2D eigenvalue weighted by atomic mass is 16.5. The molecule has 2 aliphatic heterocycles. The minimum Gasteiger partial charge on any atom is -0.378 e. The van der Waals surface area contributed by atoms with E-state index in [0.29, 0.717) is 6.61 Å². The average Bonchev–Trinajstić information content (AvgIpc) is 2.41. The highest BCUT2D eigenvalue weighted by Crippen LogP contribution is 2.28. The number of rotatable bonds is 5. The summed E-state index contributed by atoms with van der Waals surface area (Å²) in [5.74, 6) is 0.138. The van der Waals surface area contributed by atoms with Crippen molar-refractivity contribution in [2.45, 2.75) is 83.5 Å². The van der Waals surface area contributed by atoms with Crippen molar-refractivity contribution in [3.63, 3.8) is 0 Å². The first-order valence-electron chi connectivity index (χ1n) is 9.14. The van der Waals surface area contributed by atoms with Crippen LogP contribution < -0.4 is 10.6 Å². The monoisotopic (exact) mass is 325 g/mol. The third-order valence-corrected chi connectivity index (χ3v) is 4.88. The summed E-state index contributed by atoms with van der Waals surface area (Å²) in [6.07, 6.45) is 4.22. The van der Waals surface area contributed by atoms with Gasteiger partial charge in [-0.3, -0.25) is 9.69 Å². The van der Waals surface area contributed by atoms with E-state index in [1.807, 2.05) is 0 Å². The highest BCUT2D eigenvalue weighted by molar-refractivity contribution is 5.82. The maximum absolute atomic E-state index is 12.8. The van der Waals surface area contributed by atoms with Gasteiger partial charge in [0.25, 0.3) is 0 Å². The lowest BCUT2D eigenvalue weighted by Crippen LogP contribution is -2.64. The van der Waals surface area contributed by atoms with E-state index >= 15 is 0 Å². The molecule has 2 saturated heterocycles. The van der Waals surface area contributed by atoms with Crippen molar-refractivity contribution >= 4 is 5.91 Å². The van der Waals surface area contributed by atoms with Crippen LogP contribution in [0.25, 0.3) is 0 Å². The lowest BCUT2D eigenvalue weighted by Gasteiger charge is -2.47. The van der Waals surface area contributed by atoms with Crippen molar-refractivity contribution in [2.24, 2.45) is 0 Å². The molecule has 2 heterocycles. The van der Waals surface area contributed by atoms with E-state index in [2.05, 4.69) is 50.2 Å². The molecule has 1 atom stereocenters. The molecular weight excluding hydrogens is 290 g/mol. The Morgan fingerprint density at radius 1 is 1.26 bits per heavy atom. The van der Waals surface area contributed by atoms with Crippen LogP contribution in [0.4, 0.5) is 0 Å². The smallest absolute Gasteiger partial charge is 0.239 e. The third-order valence-electron chi connectivity index (χ3n) is 4.88. The van der Waals surface area contributed by atoms with Crippen molar-refractivity contribution in [2.75, 3.05) is 26.3 Å². The summed E-state index contributed by atoms with van der Waals surface area (Å²) in [5.41, 5.74) is 0.0926. The van der Waals surface area contributed by atoms with Gasteiger partial charge in [-0.25, -0.2) is 0 Å². The van der Waals surface area contributed by atoms with E-state index in [9.17, 15) is 4.79 Å². The molecule has 0 bridgehead atoms. The van der Waals surface area contributed by atoms with Crippen LogP contribution in [0.3, 0.4) is 0 Å². The van der Waals surface area contributed by atoms with Gasteiger partial charge in [-0.2, -0.15) is 0 Å². The molecule has 0 aromatic rings. The zero-order valence-corrected chi connectivity index (χ0v) is 15.6. The zero-order chi connectivity index (χ0) is 17.1. The first-order chi connectivity index (χ1) is 10.7. The lowest BCUT2D eigenvalue weighted by atomic mass is 9.79. The Morgan fingerprint density at radius 2 is 1.91 bits per heavy atom. The third kappa shape index (κ3) is 5.44. The van der Waals surface area contributed by atoms with Crippen LogP contribution in [-0.4, -0.2) is 60.3 Å². The van der Waals surface area contributed by atoms with Gasteiger partial charge in [0.1, 0.15) is 6.04 Å². The van der Waals surface area contributed by atoms with E-state index in [0.717, 1.165) is 45.4 Å². The van der Waals surface area contributed by atoms with Gasteiger partial charge in [0.2, 0.25) is 5.91 Å². The number of piperidine rings is 1. The Hall–Kier alpha value is -0.650. The number of nitrogens with zero attached hydrogens (tertiary/aromatic N) is 1. The predicted molar refractivity (Wildman–Crippen MR) is 93.5 cm³/mol. The van der Waals surface area contributed by atoms with Gasteiger partial charge < -0.3 is 15.4 Å². The minimum absolute atomic E-state index is 0.0463. The second kappa shape index (κ2) is 7.49. The number of unbranched alkanes of at least 4 members (excludes halogenated alkanes) is 1. The van der Waals surface area contributed by atoms with E-state index in [-0.39, 0.29) is 29.1 Å². The molecule has 0 saturated carbocycles. The van der Waals surface area contributed by atoms with Crippen molar-refractivity contribution in [3.05, 3.63) is 0 Å². The molecule has 0 aliphatic carbocycles. The molecule has 2 rings (SSSR count). The van der Waals surface area contributed by atoms with E-state index < -0.39 is 0 Å². The molecule has 1 amide bonds. The molecule has 0 aromatic carbocycles. The number of amides is 1. The quantitative estimate of drug-likeness (QED) is 0.811. The molecule has 2 fully saturated rings. The fraction of sp³-hybridized carbons (Fsp3) is 0.944. The average molecular weight is 325 g/mol. The Morgan fingerprint density at radius 3 is 2.52 bits per heavy atom. The minimum atomic E-state index is -0.128. The summed E-state index contributed by atoms with van der Waals surface area (Å²) in [5, 5.41) is 6.97. The fourth-order valence-corrected chi connectivity index (χ4v) is 4.23. The molecule has 2 N–H and O–H groups in total. The van der Waals surface area contributed by atoms with Gasteiger partial charge in [-0.1, -0.05) is 13.3 Å². The van der Waals surface area contributed by atoms with Crippen LogP contribution in [0.1, 0.15) is 60.3 Å². The number of carbonyl (C=O) groups is 1. The molecule has 5 heteroatoms. The normalized spacial score (nSPS) is 28.5. The number of nitrogens with one attached hydrogen (secondary N) is 2. The first-order valence-corrected chi connectivity index (χ1v) is 9.14. The Bertz CT molecular complexity index is 393. The SMILES string of the molecule is CCCCN1CCOCC1C(=O)NC1CC(C)(C)NC(C)(C)C1. The summed E-state index contributed by atoms with van der Waals surface area (Å²) < 4.78 is 5.57. The van der Waals surface area contributed by atoms with E-state index in [1.54, 1.807) is 0 Å². The molecule has 23 heavy (non-hydrogen) atoms. The molecule has 2 aliphatic rings. The van der Waals surface area contributed by atoms with Gasteiger partial charge in [-0.15, -0.1) is 0 Å². The molecule has 134 valence electrons. The topological polar surface area (TPSA) is 53.6 Å². The second-order valence-electron chi connectivity index (χ2n) is 8.49. The van der Waals surface area contributed by atoms with Gasteiger partial charge in [0.15, 0.2) is 0 Å². The fourth-order valence-electron chi connectivity index (χ4n) is 4.23. The van der Waals surface area contributed by atoms with Crippen molar-refractivity contribution < 1.29 is 9.53 Å². The zero-order valence-electron chi connectivity index (χ0n) is 15.6. The van der Waals surface area contributed by atoms with E-state index in [1.165, 1.54) is 0 Å². The van der Waals surface area contributed by atoms with Gasteiger partial charge >= 0.3 is 0 Å². The Kier molecular flexibility index (Phi) is 6.09. The summed E-state index contributed by atoms with van der Waals surface area (Å²) in [7, 11) is 0. The maximum atomic E-state index is 12.8.